The van der Waals surface area contributed by atoms with Gasteiger partial charge in [-0.05, 0) is 26.0 Å². The van der Waals surface area contributed by atoms with Crippen molar-refractivity contribution >= 4 is 28.1 Å². The third kappa shape index (κ3) is 3.95. The molecule has 0 unspecified atom stereocenters. The van der Waals surface area contributed by atoms with E-state index in [1.807, 2.05) is 33.0 Å². The predicted octanol–water partition coefficient (Wildman–Crippen LogP) is 3.43. The fourth-order valence-electron chi connectivity index (χ4n) is 2.79. The average Bonchev–Trinajstić information content (AvgIpc) is 3.25. The standard InChI is InChI=1S/C19H23N3O3S/c1-4-24-17(25-5-2)11-20-18(23)14-12-26-19(21-14)16-10-13-8-6-7-9-15(13)22(16)3/h6-10,12,17H,4-5,11H2,1-3H3,(H,20,23). The topological polar surface area (TPSA) is 65.4 Å². The zero-order valence-electron chi connectivity index (χ0n) is 15.2. The smallest absolute Gasteiger partial charge is 0.270 e. The average molecular weight is 373 g/mol. The van der Waals surface area contributed by atoms with E-state index < -0.39 is 6.29 Å². The highest BCUT2D eigenvalue weighted by molar-refractivity contribution is 7.13. The van der Waals surface area contributed by atoms with E-state index in [2.05, 4.69) is 33.1 Å². The molecule has 0 fully saturated rings. The second-order valence-electron chi connectivity index (χ2n) is 5.74. The van der Waals surface area contributed by atoms with Crippen molar-refractivity contribution < 1.29 is 14.3 Å². The van der Waals surface area contributed by atoms with Crippen LogP contribution in [0.15, 0.2) is 35.7 Å². The Bertz CT molecular complexity index is 881. The highest BCUT2D eigenvalue weighted by Crippen LogP contribution is 2.29. The van der Waals surface area contributed by atoms with Crippen LogP contribution in [-0.2, 0) is 16.5 Å². The van der Waals surface area contributed by atoms with Gasteiger partial charge in [0.2, 0.25) is 0 Å². The lowest BCUT2D eigenvalue weighted by molar-refractivity contribution is -0.131. The monoisotopic (exact) mass is 373 g/mol. The summed E-state index contributed by atoms with van der Waals surface area (Å²) in [6.07, 6.45) is -0.440. The van der Waals surface area contributed by atoms with Gasteiger partial charge in [-0.2, -0.15) is 0 Å². The third-order valence-corrected chi connectivity index (χ3v) is 4.91. The molecule has 1 N–H and O–H groups in total. The first-order valence-corrected chi connectivity index (χ1v) is 9.53. The maximum Gasteiger partial charge on any atom is 0.270 e. The van der Waals surface area contributed by atoms with Crippen LogP contribution in [0.1, 0.15) is 24.3 Å². The summed E-state index contributed by atoms with van der Waals surface area (Å²) in [4.78, 5) is 16.9. The molecule has 0 aliphatic heterocycles. The maximum atomic E-state index is 12.4. The van der Waals surface area contributed by atoms with E-state index >= 15 is 0 Å². The summed E-state index contributed by atoms with van der Waals surface area (Å²) in [5.74, 6) is -0.226. The number of benzene rings is 1. The van der Waals surface area contributed by atoms with Crippen LogP contribution < -0.4 is 5.32 Å². The number of hydrogen-bond donors (Lipinski definition) is 1. The van der Waals surface area contributed by atoms with E-state index in [1.54, 1.807) is 5.38 Å². The van der Waals surface area contributed by atoms with Crippen molar-refractivity contribution in [3.8, 4) is 10.7 Å². The maximum absolute atomic E-state index is 12.4. The van der Waals surface area contributed by atoms with Crippen molar-refractivity contribution in [3.05, 3.63) is 41.4 Å². The van der Waals surface area contributed by atoms with Crippen molar-refractivity contribution in [2.24, 2.45) is 7.05 Å². The van der Waals surface area contributed by atoms with Crippen LogP contribution in [-0.4, -0.2) is 41.5 Å². The molecule has 0 aliphatic carbocycles. The van der Waals surface area contributed by atoms with Crippen LogP contribution >= 0.6 is 11.3 Å². The van der Waals surface area contributed by atoms with Crippen molar-refractivity contribution in [2.75, 3.05) is 19.8 Å². The number of ether oxygens (including phenoxy) is 2. The highest BCUT2D eigenvalue weighted by atomic mass is 32.1. The molecule has 2 aromatic heterocycles. The molecule has 0 radical (unpaired) electrons. The molecule has 1 amide bonds. The zero-order valence-corrected chi connectivity index (χ0v) is 16.0. The fraction of sp³-hybridized carbons (Fsp3) is 0.368. The number of carbonyl (C=O) groups excluding carboxylic acids is 1. The molecule has 0 atom stereocenters. The molecule has 3 aromatic rings. The minimum Gasteiger partial charge on any atom is -0.351 e. The lowest BCUT2D eigenvalue weighted by Crippen LogP contribution is -2.35. The number of para-hydroxylation sites is 1. The Morgan fingerprint density at radius 3 is 2.69 bits per heavy atom. The van der Waals surface area contributed by atoms with Crippen LogP contribution in [0.25, 0.3) is 21.6 Å². The summed E-state index contributed by atoms with van der Waals surface area (Å²) in [6, 6.07) is 10.3. The quantitative estimate of drug-likeness (QED) is 0.615. The normalized spacial score (nSPS) is 11.4. The number of hydrogen-bond acceptors (Lipinski definition) is 5. The summed E-state index contributed by atoms with van der Waals surface area (Å²) in [6.45, 7) is 5.14. The van der Waals surface area contributed by atoms with Crippen LogP contribution in [0.3, 0.4) is 0 Å². The molecule has 138 valence electrons. The fourth-order valence-corrected chi connectivity index (χ4v) is 3.64. The number of thiazole rings is 1. The van der Waals surface area contributed by atoms with E-state index in [-0.39, 0.29) is 5.91 Å². The van der Waals surface area contributed by atoms with E-state index in [0.717, 1.165) is 21.6 Å². The van der Waals surface area contributed by atoms with Crippen LogP contribution in [0.5, 0.6) is 0 Å². The van der Waals surface area contributed by atoms with Gasteiger partial charge in [-0.25, -0.2) is 4.98 Å². The molecule has 26 heavy (non-hydrogen) atoms. The number of nitrogens with zero attached hydrogens (tertiary/aromatic N) is 2. The molecular formula is C19H23N3O3S. The van der Waals surface area contributed by atoms with Crippen LogP contribution in [0.2, 0.25) is 0 Å². The Hall–Kier alpha value is -2.22. The third-order valence-electron chi connectivity index (χ3n) is 4.04. The Labute approximate surface area is 156 Å². The number of fused-ring (bicyclic) bond motifs is 1. The van der Waals surface area contributed by atoms with Crippen molar-refractivity contribution in [3.63, 3.8) is 0 Å². The zero-order chi connectivity index (χ0) is 18.5. The molecular weight excluding hydrogens is 350 g/mol. The number of nitrogens with one attached hydrogen (secondary N) is 1. The first-order chi connectivity index (χ1) is 12.6. The lowest BCUT2D eigenvalue weighted by atomic mass is 10.2. The molecule has 7 heteroatoms. The van der Waals surface area contributed by atoms with Gasteiger partial charge in [0.05, 0.1) is 12.2 Å². The summed E-state index contributed by atoms with van der Waals surface area (Å²) >= 11 is 1.46. The lowest BCUT2D eigenvalue weighted by Gasteiger charge is -2.16. The SMILES string of the molecule is CCOC(CNC(=O)c1csc(-c2cc3ccccc3n2C)n1)OCC. The number of aryl methyl sites for hydroxylation is 1. The van der Waals surface area contributed by atoms with E-state index in [0.29, 0.717) is 25.5 Å². The van der Waals surface area contributed by atoms with Crippen LogP contribution in [0, 0.1) is 0 Å². The minimum atomic E-state index is -0.440. The second kappa shape index (κ2) is 8.44. The van der Waals surface area contributed by atoms with E-state index in [4.69, 9.17) is 9.47 Å². The molecule has 3 rings (SSSR count). The summed E-state index contributed by atoms with van der Waals surface area (Å²) in [5, 5.41) is 6.57. The van der Waals surface area contributed by atoms with Gasteiger partial charge in [-0.15, -0.1) is 11.3 Å². The second-order valence-corrected chi connectivity index (χ2v) is 6.59. The summed E-state index contributed by atoms with van der Waals surface area (Å²) in [5.41, 5.74) is 2.54. The molecule has 0 aliphatic rings. The molecule has 0 bridgehead atoms. The molecule has 6 nitrogen and oxygen atoms in total. The summed E-state index contributed by atoms with van der Waals surface area (Å²) < 4.78 is 13.0. The Morgan fingerprint density at radius 2 is 2.00 bits per heavy atom. The Morgan fingerprint density at radius 1 is 1.27 bits per heavy atom. The van der Waals surface area contributed by atoms with Gasteiger partial charge in [-0.1, -0.05) is 18.2 Å². The number of amides is 1. The van der Waals surface area contributed by atoms with E-state index in [1.165, 1.54) is 11.3 Å². The number of rotatable bonds is 8. The molecule has 0 saturated carbocycles. The molecule has 0 spiro atoms. The van der Waals surface area contributed by atoms with Gasteiger partial charge in [0.25, 0.3) is 5.91 Å². The number of carbonyl (C=O) groups is 1. The Balaban J connectivity index is 1.72. The van der Waals surface area contributed by atoms with Gasteiger partial charge < -0.3 is 19.4 Å². The van der Waals surface area contributed by atoms with Gasteiger partial charge in [0.15, 0.2) is 6.29 Å². The molecule has 0 saturated heterocycles. The van der Waals surface area contributed by atoms with Crippen LogP contribution in [0.4, 0.5) is 0 Å². The first kappa shape index (κ1) is 18.6. The van der Waals surface area contributed by atoms with E-state index in [9.17, 15) is 4.79 Å². The number of aromatic nitrogens is 2. The highest BCUT2D eigenvalue weighted by Gasteiger charge is 2.16. The summed E-state index contributed by atoms with van der Waals surface area (Å²) in [7, 11) is 2.01. The minimum absolute atomic E-state index is 0.226. The Kier molecular flexibility index (Phi) is 6.03. The predicted molar refractivity (Wildman–Crippen MR) is 103 cm³/mol. The largest absolute Gasteiger partial charge is 0.351 e. The first-order valence-electron chi connectivity index (χ1n) is 8.65. The molecule has 2 heterocycles. The van der Waals surface area contributed by atoms with Gasteiger partial charge in [0, 0.05) is 36.5 Å². The van der Waals surface area contributed by atoms with Crippen molar-refractivity contribution in [2.45, 2.75) is 20.1 Å². The van der Waals surface area contributed by atoms with Gasteiger partial charge in [-0.3, -0.25) is 4.79 Å². The molecule has 1 aromatic carbocycles. The van der Waals surface area contributed by atoms with Gasteiger partial charge in [0.1, 0.15) is 10.7 Å². The van der Waals surface area contributed by atoms with Crippen molar-refractivity contribution in [1.82, 2.24) is 14.9 Å². The van der Waals surface area contributed by atoms with Crippen molar-refractivity contribution in [1.29, 1.82) is 0 Å². The van der Waals surface area contributed by atoms with Gasteiger partial charge >= 0.3 is 0 Å².